The third-order valence-electron chi connectivity index (χ3n) is 2.74. The van der Waals surface area contributed by atoms with Crippen LogP contribution in [0.3, 0.4) is 0 Å². The summed E-state index contributed by atoms with van der Waals surface area (Å²) in [6.45, 7) is 3.86. The third-order valence-corrected chi connectivity index (χ3v) is 2.74. The molecule has 0 atom stereocenters. The van der Waals surface area contributed by atoms with Gasteiger partial charge in [0.1, 0.15) is 0 Å². The van der Waals surface area contributed by atoms with Crippen molar-refractivity contribution in [1.29, 1.82) is 0 Å². The number of hydrogen-bond acceptors (Lipinski definition) is 5. The maximum absolute atomic E-state index is 5.63. The molecular weight excluding hydrogens is 240 g/mol. The second-order valence-electron chi connectivity index (χ2n) is 4.29. The first kappa shape index (κ1) is 11.5. The van der Waals surface area contributed by atoms with E-state index < -0.39 is 0 Å². The van der Waals surface area contributed by atoms with E-state index in [4.69, 9.17) is 4.42 Å². The Balaban J connectivity index is 1.95. The molecule has 0 saturated heterocycles. The molecule has 0 radical (unpaired) electrons. The first-order valence-electron chi connectivity index (χ1n) is 5.92. The summed E-state index contributed by atoms with van der Waals surface area (Å²) < 4.78 is 5.63. The van der Waals surface area contributed by atoms with E-state index in [2.05, 4.69) is 20.2 Å². The molecule has 94 valence electrons. The van der Waals surface area contributed by atoms with Gasteiger partial charge in [0.05, 0.1) is 11.1 Å². The highest BCUT2D eigenvalue weighted by Gasteiger charge is 2.10. The molecule has 0 aliphatic heterocycles. The Hall–Kier alpha value is -2.56. The van der Waals surface area contributed by atoms with Crippen molar-refractivity contribution in [3.8, 4) is 22.9 Å². The van der Waals surface area contributed by atoms with E-state index in [0.29, 0.717) is 11.8 Å². The van der Waals surface area contributed by atoms with Gasteiger partial charge in [-0.15, -0.1) is 10.2 Å². The number of nitrogens with zero attached hydrogens (tertiary/aromatic N) is 4. The van der Waals surface area contributed by atoms with E-state index in [0.717, 1.165) is 22.5 Å². The molecule has 0 fully saturated rings. The Morgan fingerprint density at radius 3 is 1.58 bits per heavy atom. The van der Waals surface area contributed by atoms with Crippen molar-refractivity contribution >= 4 is 0 Å². The lowest BCUT2D eigenvalue weighted by atomic mass is 10.2. The molecule has 5 nitrogen and oxygen atoms in total. The maximum atomic E-state index is 5.63. The molecule has 3 heterocycles. The van der Waals surface area contributed by atoms with Gasteiger partial charge in [-0.1, -0.05) is 0 Å². The van der Waals surface area contributed by atoms with Crippen molar-refractivity contribution in [1.82, 2.24) is 20.2 Å². The van der Waals surface area contributed by atoms with Gasteiger partial charge in [0.25, 0.3) is 0 Å². The van der Waals surface area contributed by atoms with Crippen LogP contribution in [0.2, 0.25) is 0 Å². The van der Waals surface area contributed by atoms with Gasteiger partial charge in [-0.2, -0.15) is 0 Å². The fraction of sp³-hybridized carbons (Fsp3) is 0.143. The molecule has 0 N–H and O–H groups in total. The van der Waals surface area contributed by atoms with Crippen molar-refractivity contribution in [2.45, 2.75) is 13.8 Å². The topological polar surface area (TPSA) is 64.7 Å². The van der Waals surface area contributed by atoms with Crippen LogP contribution in [0.1, 0.15) is 11.4 Å². The summed E-state index contributed by atoms with van der Waals surface area (Å²) in [4.78, 5) is 8.42. The molecule has 3 rings (SSSR count). The SMILES string of the molecule is Cc1ccc(-c2nnc(-c3ccc(C)nc3)o2)cn1. The van der Waals surface area contributed by atoms with Gasteiger partial charge in [0.2, 0.25) is 11.8 Å². The van der Waals surface area contributed by atoms with Gasteiger partial charge < -0.3 is 4.42 Å². The number of aryl methyl sites for hydroxylation is 2. The molecule has 0 unspecified atom stereocenters. The minimum absolute atomic E-state index is 0.461. The molecule has 5 heteroatoms. The van der Waals surface area contributed by atoms with Gasteiger partial charge in [-0.25, -0.2) is 0 Å². The highest BCUT2D eigenvalue weighted by atomic mass is 16.4. The molecule has 19 heavy (non-hydrogen) atoms. The van der Waals surface area contributed by atoms with E-state index >= 15 is 0 Å². The molecular formula is C14H12N4O. The van der Waals surface area contributed by atoms with Crippen LogP contribution in [0.5, 0.6) is 0 Å². The second-order valence-corrected chi connectivity index (χ2v) is 4.29. The number of hydrogen-bond donors (Lipinski definition) is 0. The lowest BCUT2D eigenvalue weighted by Gasteiger charge is -1.96. The number of aromatic nitrogens is 4. The normalized spacial score (nSPS) is 10.6. The van der Waals surface area contributed by atoms with Crippen LogP contribution in [0, 0.1) is 13.8 Å². The van der Waals surface area contributed by atoms with Crippen LogP contribution in [-0.4, -0.2) is 20.2 Å². The maximum Gasteiger partial charge on any atom is 0.249 e. The summed E-state index contributed by atoms with van der Waals surface area (Å²) in [6, 6.07) is 7.64. The average molecular weight is 252 g/mol. The quantitative estimate of drug-likeness (QED) is 0.701. The zero-order chi connectivity index (χ0) is 13.2. The molecule has 0 aromatic carbocycles. The van der Waals surface area contributed by atoms with E-state index in [1.165, 1.54) is 0 Å². The molecule has 0 saturated carbocycles. The lowest BCUT2D eigenvalue weighted by molar-refractivity contribution is 0.584. The predicted molar refractivity (Wildman–Crippen MR) is 70.2 cm³/mol. The fourth-order valence-electron chi connectivity index (χ4n) is 1.65. The first-order chi connectivity index (χ1) is 9.22. The minimum Gasteiger partial charge on any atom is -0.416 e. The predicted octanol–water partition coefficient (Wildman–Crippen LogP) is 2.81. The zero-order valence-electron chi connectivity index (χ0n) is 10.7. The van der Waals surface area contributed by atoms with Crippen LogP contribution in [0.25, 0.3) is 22.9 Å². The molecule has 0 aliphatic rings. The van der Waals surface area contributed by atoms with Crippen LogP contribution in [0.15, 0.2) is 41.1 Å². The molecule has 0 amide bonds. The van der Waals surface area contributed by atoms with Gasteiger partial charge in [-0.05, 0) is 38.1 Å². The van der Waals surface area contributed by atoms with Gasteiger partial charge in [0, 0.05) is 23.8 Å². The van der Waals surface area contributed by atoms with Crippen LogP contribution in [-0.2, 0) is 0 Å². The second kappa shape index (κ2) is 4.61. The minimum atomic E-state index is 0.461. The highest BCUT2D eigenvalue weighted by molar-refractivity contribution is 5.56. The van der Waals surface area contributed by atoms with Crippen molar-refractivity contribution in [3.63, 3.8) is 0 Å². The molecule has 0 spiro atoms. The largest absolute Gasteiger partial charge is 0.416 e. The molecule has 0 bridgehead atoms. The summed E-state index contributed by atoms with van der Waals surface area (Å²) in [5.41, 5.74) is 3.52. The third kappa shape index (κ3) is 2.35. The van der Waals surface area contributed by atoms with E-state index in [9.17, 15) is 0 Å². The number of pyridine rings is 2. The summed E-state index contributed by atoms with van der Waals surface area (Å²) >= 11 is 0. The van der Waals surface area contributed by atoms with E-state index in [1.54, 1.807) is 12.4 Å². The fourth-order valence-corrected chi connectivity index (χ4v) is 1.65. The standard InChI is InChI=1S/C14H12N4O/c1-9-3-5-11(7-15-9)13-17-18-14(19-13)12-6-4-10(2)16-8-12/h3-8H,1-2H3. The zero-order valence-corrected chi connectivity index (χ0v) is 10.7. The van der Waals surface area contributed by atoms with E-state index in [1.807, 2.05) is 38.1 Å². The van der Waals surface area contributed by atoms with Crippen molar-refractivity contribution in [2.75, 3.05) is 0 Å². The lowest BCUT2D eigenvalue weighted by Crippen LogP contribution is -1.82. The van der Waals surface area contributed by atoms with Gasteiger partial charge >= 0.3 is 0 Å². The van der Waals surface area contributed by atoms with Crippen LogP contribution in [0.4, 0.5) is 0 Å². The van der Waals surface area contributed by atoms with Crippen LogP contribution >= 0.6 is 0 Å². The first-order valence-corrected chi connectivity index (χ1v) is 5.92. The summed E-state index contributed by atoms with van der Waals surface area (Å²) in [6.07, 6.45) is 3.44. The average Bonchev–Trinajstić information content (AvgIpc) is 2.90. The summed E-state index contributed by atoms with van der Waals surface area (Å²) in [7, 11) is 0. The smallest absolute Gasteiger partial charge is 0.249 e. The van der Waals surface area contributed by atoms with Crippen molar-refractivity contribution in [3.05, 3.63) is 48.0 Å². The molecule has 3 aromatic rings. The molecule has 3 aromatic heterocycles. The summed E-state index contributed by atoms with van der Waals surface area (Å²) in [5, 5.41) is 8.06. The van der Waals surface area contributed by atoms with Crippen molar-refractivity contribution in [2.24, 2.45) is 0 Å². The Morgan fingerprint density at radius 2 is 1.21 bits per heavy atom. The summed E-state index contributed by atoms with van der Waals surface area (Å²) in [5.74, 6) is 0.922. The van der Waals surface area contributed by atoms with Gasteiger partial charge in [0.15, 0.2) is 0 Å². The number of rotatable bonds is 2. The van der Waals surface area contributed by atoms with Crippen LogP contribution < -0.4 is 0 Å². The van der Waals surface area contributed by atoms with E-state index in [-0.39, 0.29) is 0 Å². The Labute approximate surface area is 110 Å². The molecule has 0 aliphatic carbocycles. The van der Waals surface area contributed by atoms with Crippen molar-refractivity contribution < 1.29 is 4.42 Å². The Kier molecular flexibility index (Phi) is 2.79. The Bertz CT molecular complexity index is 626. The van der Waals surface area contributed by atoms with Gasteiger partial charge in [-0.3, -0.25) is 9.97 Å². The Morgan fingerprint density at radius 1 is 0.737 bits per heavy atom. The monoisotopic (exact) mass is 252 g/mol. The highest BCUT2D eigenvalue weighted by Crippen LogP contribution is 2.22.